The summed E-state index contributed by atoms with van der Waals surface area (Å²) < 4.78 is 24.7. The second-order valence-corrected chi connectivity index (χ2v) is 12.8. The molecule has 10 nitrogen and oxygen atoms in total. The molecule has 12 heteroatoms. The van der Waals surface area contributed by atoms with E-state index in [1.165, 1.54) is 0 Å². The second-order valence-electron chi connectivity index (χ2n) is 12.1. The summed E-state index contributed by atoms with van der Waals surface area (Å²) in [6.07, 6.45) is 12.5. The number of carbonyl (C=O) groups is 1. The Kier molecular flexibility index (Phi) is 8.61. The van der Waals surface area contributed by atoms with Gasteiger partial charge < -0.3 is 29.2 Å². The Balaban J connectivity index is 1.33. The summed E-state index contributed by atoms with van der Waals surface area (Å²) in [5.41, 5.74) is 6.12. The van der Waals surface area contributed by atoms with Crippen molar-refractivity contribution in [3.05, 3.63) is 76.4 Å². The first-order chi connectivity index (χ1) is 22.9. The van der Waals surface area contributed by atoms with Gasteiger partial charge in [-0.1, -0.05) is 23.2 Å². The van der Waals surface area contributed by atoms with Gasteiger partial charge in [0.1, 0.15) is 17.2 Å². The number of rotatable bonds is 8. The summed E-state index contributed by atoms with van der Waals surface area (Å²) in [5, 5.41) is 4.54. The smallest absolute Gasteiger partial charge is 0.211 e. The zero-order valence-corrected chi connectivity index (χ0v) is 27.9. The van der Waals surface area contributed by atoms with Crippen molar-refractivity contribution in [1.82, 2.24) is 14.4 Å². The van der Waals surface area contributed by atoms with Crippen LogP contribution in [-0.2, 0) is 19.0 Å². The lowest BCUT2D eigenvalue weighted by atomic mass is 9.80. The number of amides is 1. The quantitative estimate of drug-likeness (QED) is 0.205. The summed E-state index contributed by atoms with van der Waals surface area (Å²) in [7, 11) is 4.80. The molecule has 0 bridgehead atoms. The maximum absolute atomic E-state index is 11.8. The maximum Gasteiger partial charge on any atom is 0.211 e. The van der Waals surface area contributed by atoms with Crippen LogP contribution in [0, 0.1) is 5.41 Å². The Morgan fingerprint density at radius 2 is 1.85 bits per heavy atom. The molecular weight excluding hydrogens is 641 g/mol. The summed E-state index contributed by atoms with van der Waals surface area (Å²) in [6.45, 7) is 3.40. The number of carbonyl (C=O) groups excluding carboxylic acids is 1. The lowest BCUT2D eigenvalue weighted by Gasteiger charge is -2.33. The second kappa shape index (κ2) is 12.8. The fourth-order valence-electron chi connectivity index (χ4n) is 7.02. The molecule has 3 aromatic heterocycles. The number of hydrogen-bond donors (Lipinski definition) is 1. The van der Waals surface area contributed by atoms with Gasteiger partial charge in [0.25, 0.3) is 0 Å². The van der Waals surface area contributed by atoms with Gasteiger partial charge in [-0.2, -0.15) is 0 Å². The molecule has 1 N–H and O–H groups in total. The zero-order valence-electron chi connectivity index (χ0n) is 26.4. The van der Waals surface area contributed by atoms with Crippen molar-refractivity contribution in [3.63, 3.8) is 0 Å². The number of halogens is 2. The average Bonchev–Trinajstić information content (AvgIpc) is 3.72. The zero-order chi connectivity index (χ0) is 32.7. The van der Waals surface area contributed by atoms with Crippen LogP contribution in [0.3, 0.4) is 0 Å². The van der Waals surface area contributed by atoms with Crippen molar-refractivity contribution in [2.75, 3.05) is 57.8 Å². The van der Waals surface area contributed by atoms with Crippen LogP contribution in [0.25, 0.3) is 33.4 Å². The van der Waals surface area contributed by atoms with E-state index in [0.717, 1.165) is 73.3 Å². The van der Waals surface area contributed by atoms with E-state index in [0.29, 0.717) is 50.6 Å². The third kappa shape index (κ3) is 5.63. The van der Waals surface area contributed by atoms with Gasteiger partial charge in [-0.05, 0) is 55.0 Å². The molecule has 7 rings (SSSR count). The summed E-state index contributed by atoms with van der Waals surface area (Å²) >= 11 is 13.8. The van der Waals surface area contributed by atoms with Crippen molar-refractivity contribution < 1.29 is 23.7 Å². The fraction of sp³-hybridized carbons (Fsp3) is 0.343. The van der Waals surface area contributed by atoms with E-state index in [-0.39, 0.29) is 5.41 Å². The first-order valence-corrected chi connectivity index (χ1v) is 16.2. The third-order valence-corrected chi connectivity index (χ3v) is 10.2. The molecule has 4 aromatic rings. The molecule has 1 amide bonds. The molecule has 2 aliphatic heterocycles. The van der Waals surface area contributed by atoms with E-state index in [1.807, 2.05) is 34.9 Å². The number of anilines is 2. The first kappa shape index (κ1) is 31.5. The molecule has 244 valence electrons. The average molecular weight is 677 g/mol. The predicted molar refractivity (Wildman–Crippen MR) is 184 cm³/mol. The van der Waals surface area contributed by atoms with E-state index in [4.69, 9.17) is 47.1 Å². The molecule has 5 heterocycles. The lowest BCUT2D eigenvalue weighted by molar-refractivity contribution is -0.105. The van der Waals surface area contributed by atoms with E-state index in [2.05, 4.69) is 15.2 Å². The Bertz CT molecular complexity index is 1960. The number of aromatic nitrogens is 3. The Hall–Kier alpha value is -4.09. The molecule has 2 saturated heterocycles. The van der Waals surface area contributed by atoms with Crippen LogP contribution >= 0.6 is 23.2 Å². The topological polar surface area (TPSA) is 99.5 Å². The van der Waals surface area contributed by atoms with E-state index >= 15 is 0 Å². The number of imidazole rings is 1. The summed E-state index contributed by atoms with van der Waals surface area (Å²) in [5.74, 6) is 1.11. The highest BCUT2D eigenvalue weighted by Crippen LogP contribution is 2.46. The predicted octanol–water partition coefficient (Wildman–Crippen LogP) is 6.76. The van der Waals surface area contributed by atoms with E-state index in [1.54, 1.807) is 45.9 Å². The van der Waals surface area contributed by atoms with Crippen LogP contribution in [0.1, 0.15) is 24.8 Å². The number of methoxy groups -OCH3 is 3. The van der Waals surface area contributed by atoms with Crippen molar-refractivity contribution >= 4 is 63.1 Å². The standard InChI is InChI=1S/C35H35Cl2N5O5/c1-44-22-13-25(36)32(33(37)31(14-22)46-3)24-12-21-18-39-26(16-28(21)42-9-7-38-34(24)42)23-15-27(40-20-43)29(17-30(23)45-2)41-8-4-35(19-41)5-10-47-11-6-35/h7,9,12-18,20,22H,4-6,8,10-11,19H2,1-3H3,(H,40,43). The molecule has 1 aliphatic carbocycles. The van der Waals surface area contributed by atoms with Gasteiger partial charge in [-0.15, -0.1) is 0 Å². The number of hydrogen-bond acceptors (Lipinski definition) is 8. The van der Waals surface area contributed by atoms with Gasteiger partial charge in [-0.25, -0.2) is 4.98 Å². The molecule has 1 unspecified atom stereocenters. The van der Waals surface area contributed by atoms with Gasteiger partial charge in [0, 0.05) is 85.2 Å². The fourth-order valence-corrected chi connectivity index (χ4v) is 7.73. The van der Waals surface area contributed by atoms with Gasteiger partial charge in [0.15, 0.2) is 0 Å². The number of benzene rings is 1. The molecule has 0 radical (unpaired) electrons. The number of ether oxygens (including phenoxy) is 4. The highest BCUT2D eigenvalue weighted by Gasteiger charge is 2.40. The minimum Gasteiger partial charge on any atom is -0.496 e. The number of fused-ring (bicyclic) bond motifs is 3. The molecule has 2 fully saturated rings. The van der Waals surface area contributed by atoms with Gasteiger partial charge in [0.2, 0.25) is 6.41 Å². The molecule has 1 spiro atoms. The van der Waals surface area contributed by atoms with Crippen LogP contribution in [0.4, 0.5) is 11.4 Å². The Labute approximate surface area is 282 Å². The maximum atomic E-state index is 11.8. The van der Waals surface area contributed by atoms with Gasteiger partial charge >= 0.3 is 0 Å². The third-order valence-electron chi connectivity index (χ3n) is 9.56. The van der Waals surface area contributed by atoms with Crippen molar-refractivity contribution in [2.45, 2.75) is 25.4 Å². The van der Waals surface area contributed by atoms with Gasteiger partial charge in [0.05, 0.1) is 47.9 Å². The van der Waals surface area contributed by atoms with Crippen LogP contribution in [0.15, 0.2) is 70.8 Å². The largest absolute Gasteiger partial charge is 0.496 e. The molecular formula is C35H35Cl2N5O5. The van der Waals surface area contributed by atoms with E-state index < -0.39 is 6.10 Å². The minimum atomic E-state index is -0.419. The number of pyridine rings is 2. The first-order valence-electron chi connectivity index (χ1n) is 15.5. The number of nitrogens with zero attached hydrogens (tertiary/aromatic N) is 4. The highest BCUT2D eigenvalue weighted by atomic mass is 35.5. The van der Waals surface area contributed by atoms with Crippen molar-refractivity contribution in [2.24, 2.45) is 5.41 Å². The van der Waals surface area contributed by atoms with Crippen LogP contribution < -0.4 is 15.0 Å². The lowest BCUT2D eigenvalue weighted by Crippen LogP contribution is -2.33. The van der Waals surface area contributed by atoms with Crippen molar-refractivity contribution in [3.8, 4) is 17.0 Å². The van der Waals surface area contributed by atoms with Crippen LogP contribution in [0.5, 0.6) is 5.75 Å². The molecule has 3 aliphatic rings. The van der Waals surface area contributed by atoms with Crippen LogP contribution in [-0.4, -0.2) is 74.5 Å². The number of allylic oxidation sites excluding steroid dienone is 3. The SMILES string of the molecule is COC1=CC(OC)C=C(Cl)C(c2cc3cnc(-c4cc(NC=O)c(N5CCC6(CCOCC6)C5)cc4OC)cc3n3ccnc23)=C1Cl. The van der Waals surface area contributed by atoms with E-state index in [9.17, 15) is 4.79 Å². The van der Waals surface area contributed by atoms with Crippen LogP contribution in [0.2, 0.25) is 0 Å². The van der Waals surface area contributed by atoms with Crippen molar-refractivity contribution in [1.29, 1.82) is 0 Å². The number of nitrogens with one attached hydrogen (secondary N) is 1. The summed E-state index contributed by atoms with van der Waals surface area (Å²) in [4.78, 5) is 23.7. The van der Waals surface area contributed by atoms with Gasteiger partial charge in [-0.3, -0.25) is 14.2 Å². The monoisotopic (exact) mass is 675 g/mol. The minimum absolute atomic E-state index is 0.238. The normalized spacial score (nSPS) is 19.6. The molecule has 1 aromatic carbocycles. The Morgan fingerprint density at radius 1 is 1.02 bits per heavy atom. The Morgan fingerprint density at radius 3 is 2.60 bits per heavy atom. The summed E-state index contributed by atoms with van der Waals surface area (Å²) in [6, 6.07) is 7.91. The molecule has 47 heavy (non-hydrogen) atoms. The highest BCUT2D eigenvalue weighted by molar-refractivity contribution is 6.43. The molecule has 1 atom stereocenters. The molecule has 0 saturated carbocycles.